The third-order valence-electron chi connectivity index (χ3n) is 2.86. The highest BCUT2D eigenvalue weighted by molar-refractivity contribution is 6.62. The van der Waals surface area contributed by atoms with Gasteiger partial charge in [0, 0.05) is 30.3 Å². The van der Waals surface area contributed by atoms with E-state index in [0.717, 1.165) is 5.46 Å². The van der Waals surface area contributed by atoms with Crippen molar-refractivity contribution in [2.75, 3.05) is 0 Å². The van der Waals surface area contributed by atoms with Gasteiger partial charge in [-0.25, -0.2) is 0 Å². The van der Waals surface area contributed by atoms with Gasteiger partial charge in [0.25, 0.3) is 0 Å². The molecule has 0 saturated carbocycles. The van der Waals surface area contributed by atoms with Crippen molar-refractivity contribution in [2.24, 2.45) is 0 Å². The molecule has 0 amide bonds. The lowest BCUT2D eigenvalue weighted by molar-refractivity contribution is 0.438. The maximum atomic E-state index is 5.92. The van der Waals surface area contributed by atoms with Gasteiger partial charge in [0.2, 0.25) is 0 Å². The van der Waals surface area contributed by atoms with Crippen LogP contribution < -0.4 is 14.8 Å². The van der Waals surface area contributed by atoms with E-state index in [4.69, 9.17) is 9.31 Å². The summed E-state index contributed by atoms with van der Waals surface area (Å²) in [6, 6.07) is 17.0. The highest BCUT2D eigenvalue weighted by Crippen LogP contribution is 2.13. The molecule has 0 saturated heterocycles. The van der Waals surface area contributed by atoms with Gasteiger partial charge in [-0.3, -0.25) is 9.97 Å². The molecule has 1 aromatic carbocycles. The Morgan fingerprint density at radius 3 is 1.57 bits per heavy atom. The molecule has 3 rings (SSSR count). The van der Waals surface area contributed by atoms with Crippen LogP contribution in [0.25, 0.3) is 0 Å². The monoisotopic (exact) mass is 276 g/mol. The zero-order chi connectivity index (χ0) is 14.3. The largest absolute Gasteiger partial charge is 0.632 e. The molecule has 4 nitrogen and oxygen atoms in total. The van der Waals surface area contributed by atoms with Crippen molar-refractivity contribution < 1.29 is 9.31 Å². The summed E-state index contributed by atoms with van der Waals surface area (Å²) in [6.07, 6.45) is 6.74. The van der Waals surface area contributed by atoms with Crippen LogP contribution in [0.5, 0.6) is 11.5 Å². The van der Waals surface area contributed by atoms with E-state index in [1.807, 2.05) is 30.3 Å². The summed E-state index contributed by atoms with van der Waals surface area (Å²) in [5.41, 5.74) is 0.936. The summed E-state index contributed by atoms with van der Waals surface area (Å²) in [7, 11) is -0.531. The maximum absolute atomic E-state index is 5.92. The second-order valence-corrected chi connectivity index (χ2v) is 4.34. The smallest absolute Gasteiger partial charge is 0.522 e. The number of pyridine rings is 2. The van der Waals surface area contributed by atoms with Gasteiger partial charge in [-0.1, -0.05) is 30.3 Å². The van der Waals surface area contributed by atoms with Crippen molar-refractivity contribution in [2.45, 2.75) is 0 Å². The highest BCUT2D eigenvalue weighted by Gasteiger charge is 2.26. The van der Waals surface area contributed by atoms with Crippen LogP contribution in [0.15, 0.2) is 79.4 Å². The second-order valence-electron chi connectivity index (χ2n) is 4.34. The van der Waals surface area contributed by atoms with Gasteiger partial charge in [-0.05, 0) is 24.3 Å². The molecular formula is C16H13BN2O2. The number of hydrogen-bond donors (Lipinski definition) is 0. The quantitative estimate of drug-likeness (QED) is 0.671. The maximum Gasteiger partial charge on any atom is 0.632 e. The van der Waals surface area contributed by atoms with Crippen molar-refractivity contribution >= 4 is 12.6 Å². The zero-order valence-corrected chi connectivity index (χ0v) is 11.3. The highest BCUT2D eigenvalue weighted by atomic mass is 16.6. The lowest BCUT2D eigenvalue weighted by atomic mass is 9.78. The van der Waals surface area contributed by atoms with E-state index in [0.29, 0.717) is 11.5 Å². The fourth-order valence-corrected chi connectivity index (χ4v) is 1.85. The van der Waals surface area contributed by atoms with Crippen LogP contribution in [-0.2, 0) is 0 Å². The minimum absolute atomic E-state index is 0.531. The molecule has 0 unspecified atom stereocenters. The third-order valence-corrected chi connectivity index (χ3v) is 2.86. The molecule has 0 bridgehead atoms. The Labute approximate surface area is 123 Å². The van der Waals surface area contributed by atoms with Crippen LogP contribution in [0.4, 0.5) is 0 Å². The molecule has 0 atom stereocenters. The van der Waals surface area contributed by atoms with E-state index in [1.54, 1.807) is 49.1 Å². The van der Waals surface area contributed by atoms with Crippen LogP contribution in [0.2, 0.25) is 0 Å². The van der Waals surface area contributed by atoms with Crippen LogP contribution in [0.1, 0.15) is 0 Å². The SMILES string of the molecule is c1ccc(B(Oc2ccncc2)Oc2ccncc2)cc1. The third kappa shape index (κ3) is 3.60. The van der Waals surface area contributed by atoms with Gasteiger partial charge < -0.3 is 9.31 Å². The Bertz CT molecular complexity index is 624. The van der Waals surface area contributed by atoms with Crippen molar-refractivity contribution in [3.8, 4) is 11.5 Å². The zero-order valence-electron chi connectivity index (χ0n) is 11.3. The number of hydrogen-bond acceptors (Lipinski definition) is 4. The van der Waals surface area contributed by atoms with E-state index in [-0.39, 0.29) is 0 Å². The van der Waals surface area contributed by atoms with Crippen LogP contribution in [0.3, 0.4) is 0 Å². The molecule has 0 radical (unpaired) electrons. The summed E-state index contributed by atoms with van der Waals surface area (Å²) >= 11 is 0. The van der Waals surface area contributed by atoms with Gasteiger partial charge in [0.15, 0.2) is 0 Å². The molecule has 0 aliphatic carbocycles. The molecule has 0 spiro atoms. The molecule has 2 heterocycles. The van der Waals surface area contributed by atoms with E-state index in [9.17, 15) is 0 Å². The Morgan fingerprint density at radius 2 is 1.10 bits per heavy atom. The van der Waals surface area contributed by atoms with Gasteiger partial charge >= 0.3 is 7.12 Å². The molecule has 3 aromatic rings. The average Bonchev–Trinajstić information content (AvgIpc) is 2.57. The Morgan fingerprint density at radius 1 is 0.619 bits per heavy atom. The number of benzene rings is 1. The predicted octanol–water partition coefficient (Wildman–Crippen LogP) is 2.33. The first-order valence-corrected chi connectivity index (χ1v) is 6.60. The van der Waals surface area contributed by atoms with Gasteiger partial charge in [0.05, 0.1) is 0 Å². The van der Waals surface area contributed by atoms with Crippen LogP contribution in [-0.4, -0.2) is 17.1 Å². The molecule has 0 aliphatic rings. The van der Waals surface area contributed by atoms with Crippen molar-refractivity contribution in [1.82, 2.24) is 9.97 Å². The van der Waals surface area contributed by atoms with E-state index < -0.39 is 7.12 Å². The molecular weight excluding hydrogens is 263 g/mol. The molecule has 21 heavy (non-hydrogen) atoms. The first-order chi connectivity index (χ1) is 10.4. The van der Waals surface area contributed by atoms with E-state index in [2.05, 4.69) is 9.97 Å². The molecule has 2 aromatic heterocycles. The van der Waals surface area contributed by atoms with Crippen molar-refractivity contribution in [3.63, 3.8) is 0 Å². The number of aromatic nitrogens is 2. The normalized spacial score (nSPS) is 9.90. The van der Waals surface area contributed by atoms with Gasteiger partial charge in [-0.2, -0.15) is 0 Å². The summed E-state index contributed by atoms with van der Waals surface area (Å²) in [6.45, 7) is 0. The Kier molecular flexibility index (Phi) is 4.12. The van der Waals surface area contributed by atoms with Crippen LogP contribution in [0, 0.1) is 0 Å². The molecule has 102 valence electrons. The predicted molar refractivity (Wildman–Crippen MR) is 81.6 cm³/mol. The molecule has 5 heteroatoms. The molecule has 0 N–H and O–H groups in total. The number of nitrogens with zero attached hydrogens (tertiary/aromatic N) is 2. The van der Waals surface area contributed by atoms with E-state index in [1.165, 1.54) is 0 Å². The molecule has 0 aliphatic heterocycles. The first-order valence-electron chi connectivity index (χ1n) is 6.60. The van der Waals surface area contributed by atoms with Crippen LogP contribution >= 0.6 is 0 Å². The minimum atomic E-state index is -0.531. The standard InChI is InChI=1S/C16H13BN2O2/c1-2-4-14(5-3-1)17(20-15-6-10-18-11-7-15)21-16-8-12-19-13-9-16/h1-13H. The summed E-state index contributed by atoms with van der Waals surface area (Å²) in [4.78, 5) is 7.96. The summed E-state index contributed by atoms with van der Waals surface area (Å²) in [5.74, 6) is 1.40. The first kappa shape index (κ1) is 13.2. The summed E-state index contributed by atoms with van der Waals surface area (Å²) < 4.78 is 11.8. The van der Waals surface area contributed by atoms with E-state index >= 15 is 0 Å². The average molecular weight is 276 g/mol. The fourth-order valence-electron chi connectivity index (χ4n) is 1.85. The Balaban J connectivity index is 1.84. The number of rotatable bonds is 5. The van der Waals surface area contributed by atoms with Gasteiger partial charge in [0.1, 0.15) is 11.5 Å². The lowest BCUT2D eigenvalue weighted by Crippen LogP contribution is -2.42. The van der Waals surface area contributed by atoms with Crippen molar-refractivity contribution in [3.05, 3.63) is 79.4 Å². The second kappa shape index (κ2) is 6.57. The fraction of sp³-hybridized carbons (Fsp3) is 0. The molecule has 0 fully saturated rings. The van der Waals surface area contributed by atoms with Crippen molar-refractivity contribution in [1.29, 1.82) is 0 Å². The summed E-state index contributed by atoms with van der Waals surface area (Å²) in [5, 5.41) is 0. The topological polar surface area (TPSA) is 44.2 Å². The Hall–Kier alpha value is -2.82. The lowest BCUT2D eigenvalue weighted by Gasteiger charge is -2.16. The van der Waals surface area contributed by atoms with Gasteiger partial charge in [-0.15, -0.1) is 0 Å². The minimum Gasteiger partial charge on any atom is -0.522 e.